The van der Waals surface area contributed by atoms with Gasteiger partial charge in [-0.25, -0.2) is 4.98 Å². The molecule has 0 radical (unpaired) electrons. The van der Waals surface area contributed by atoms with Gasteiger partial charge in [0, 0.05) is 17.8 Å². The van der Waals surface area contributed by atoms with E-state index in [9.17, 15) is 0 Å². The monoisotopic (exact) mass is 306 g/mol. The minimum atomic E-state index is 0.485. The Hall–Kier alpha value is -2.59. The Morgan fingerprint density at radius 3 is 2.50 bits per heavy atom. The molecule has 0 saturated heterocycles. The van der Waals surface area contributed by atoms with Crippen LogP contribution in [-0.2, 0) is 6.61 Å². The zero-order valence-electron chi connectivity index (χ0n) is 11.8. The molecule has 4 rings (SSSR count). The SMILES string of the molecule is c1ccc(-c2ccc(OCc3cn4ccsc4n3)cc2)cc1. The summed E-state index contributed by atoms with van der Waals surface area (Å²) in [7, 11) is 0. The summed E-state index contributed by atoms with van der Waals surface area (Å²) >= 11 is 1.63. The van der Waals surface area contributed by atoms with Crippen molar-refractivity contribution < 1.29 is 4.74 Å². The van der Waals surface area contributed by atoms with E-state index < -0.39 is 0 Å². The van der Waals surface area contributed by atoms with Crippen molar-refractivity contribution in [1.82, 2.24) is 9.38 Å². The second-order valence-electron chi connectivity index (χ2n) is 5.00. The van der Waals surface area contributed by atoms with E-state index in [1.165, 1.54) is 11.1 Å². The topological polar surface area (TPSA) is 26.5 Å². The van der Waals surface area contributed by atoms with Gasteiger partial charge in [0.15, 0.2) is 4.96 Å². The minimum absolute atomic E-state index is 0.485. The maximum Gasteiger partial charge on any atom is 0.193 e. The molecule has 0 amide bonds. The third-order valence-electron chi connectivity index (χ3n) is 3.49. The predicted octanol–water partition coefficient (Wildman–Crippen LogP) is 4.64. The summed E-state index contributed by atoms with van der Waals surface area (Å²) in [5.41, 5.74) is 3.35. The number of rotatable bonds is 4. The van der Waals surface area contributed by atoms with Crippen molar-refractivity contribution in [3.05, 3.63) is 78.1 Å². The Labute approximate surface area is 132 Å². The predicted molar refractivity (Wildman–Crippen MR) is 89.3 cm³/mol. The highest BCUT2D eigenvalue weighted by molar-refractivity contribution is 7.15. The van der Waals surface area contributed by atoms with Gasteiger partial charge in [-0.1, -0.05) is 42.5 Å². The molecule has 0 N–H and O–H groups in total. The number of fused-ring (bicyclic) bond motifs is 1. The number of nitrogens with zero attached hydrogens (tertiary/aromatic N) is 2. The molecule has 0 aliphatic heterocycles. The largest absolute Gasteiger partial charge is 0.487 e. The van der Waals surface area contributed by atoms with Gasteiger partial charge >= 0.3 is 0 Å². The number of ether oxygens (including phenoxy) is 1. The van der Waals surface area contributed by atoms with Crippen LogP contribution in [0.15, 0.2) is 72.4 Å². The van der Waals surface area contributed by atoms with Gasteiger partial charge in [-0.05, 0) is 23.3 Å². The third-order valence-corrected chi connectivity index (χ3v) is 4.26. The molecule has 22 heavy (non-hydrogen) atoms. The van der Waals surface area contributed by atoms with Gasteiger partial charge < -0.3 is 4.74 Å². The van der Waals surface area contributed by atoms with Crippen LogP contribution in [-0.4, -0.2) is 9.38 Å². The lowest BCUT2D eigenvalue weighted by Gasteiger charge is -2.06. The minimum Gasteiger partial charge on any atom is -0.487 e. The highest BCUT2D eigenvalue weighted by Crippen LogP contribution is 2.22. The van der Waals surface area contributed by atoms with E-state index in [4.69, 9.17) is 4.74 Å². The second-order valence-corrected chi connectivity index (χ2v) is 5.88. The van der Waals surface area contributed by atoms with Crippen molar-refractivity contribution >= 4 is 16.3 Å². The molecular weight excluding hydrogens is 292 g/mol. The molecule has 0 aliphatic carbocycles. The first-order valence-corrected chi connectivity index (χ1v) is 7.96. The smallest absolute Gasteiger partial charge is 0.193 e. The van der Waals surface area contributed by atoms with Crippen LogP contribution in [0.1, 0.15) is 5.69 Å². The molecule has 0 bridgehead atoms. The molecule has 0 atom stereocenters. The fourth-order valence-electron chi connectivity index (χ4n) is 2.38. The van der Waals surface area contributed by atoms with E-state index in [0.717, 1.165) is 16.4 Å². The van der Waals surface area contributed by atoms with Crippen LogP contribution in [0.3, 0.4) is 0 Å². The number of aromatic nitrogens is 2. The summed E-state index contributed by atoms with van der Waals surface area (Å²) in [4.78, 5) is 5.51. The van der Waals surface area contributed by atoms with Crippen LogP contribution >= 0.6 is 11.3 Å². The first-order valence-electron chi connectivity index (χ1n) is 7.08. The fourth-order valence-corrected chi connectivity index (χ4v) is 3.10. The molecule has 0 fully saturated rings. The Kier molecular flexibility index (Phi) is 3.37. The van der Waals surface area contributed by atoms with Crippen LogP contribution in [0, 0.1) is 0 Å². The lowest BCUT2D eigenvalue weighted by Crippen LogP contribution is -1.95. The number of hydrogen-bond donors (Lipinski definition) is 0. The molecule has 4 heteroatoms. The Morgan fingerprint density at radius 2 is 1.73 bits per heavy atom. The van der Waals surface area contributed by atoms with E-state index in [-0.39, 0.29) is 0 Å². The summed E-state index contributed by atoms with van der Waals surface area (Å²) in [5.74, 6) is 0.857. The molecule has 2 aromatic carbocycles. The van der Waals surface area contributed by atoms with Crippen LogP contribution in [0.5, 0.6) is 5.75 Å². The lowest BCUT2D eigenvalue weighted by atomic mass is 10.1. The van der Waals surface area contributed by atoms with Gasteiger partial charge in [0.25, 0.3) is 0 Å². The molecule has 3 nitrogen and oxygen atoms in total. The van der Waals surface area contributed by atoms with Crippen molar-refractivity contribution in [3.8, 4) is 16.9 Å². The van der Waals surface area contributed by atoms with E-state index in [0.29, 0.717) is 6.61 Å². The van der Waals surface area contributed by atoms with E-state index in [1.807, 2.05) is 52.5 Å². The van der Waals surface area contributed by atoms with Gasteiger partial charge in [0.1, 0.15) is 12.4 Å². The molecule has 2 aromatic heterocycles. The third kappa shape index (κ3) is 2.61. The Morgan fingerprint density at radius 1 is 0.955 bits per heavy atom. The average Bonchev–Trinajstić information content (AvgIpc) is 3.16. The van der Waals surface area contributed by atoms with Crippen LogP contribution in [0.25, 0.3) is 16.1 Å². The highest BCUT2D eigenvalue weighted by atomic mass is 32.1. The van der Waals surface area contributed by atoms with Crippen molar-refractivity contribution in [2.45, 2.75) is 6.61 Å². The van der Waals surface area contributed by atoms with Crippen LogP contribution in [0.2, 0.25) is 0 Å². The van der Waals surface area contributed by atoms with E-state index in [2.05, 4.69) is 29.2 Å². The number of benzene rings is 2. The van der Waals surface area contributed by atoms with Crippen molar-refractivity contribution in [2.24, 2.45) is 0 Å². The van der Waals surface area contributed by atoms with Crippen LogP contribution in [0.4, 0.5) is 0 Å². The molecule has 0 saturated carbocycles. The second kappa shape index (κ2) is 5.66. The summed E-state index contributed by atoms with van der Waals surface area (Å²) < 4.78 is 7.83. The van der Waals surface area contributed by atoms with Crippen molar-refractivity contribution in [2.75, 3.05) is 0 Å². The van der Waals surface area contributed by atoms with E-state index in [1.54, 1.807) is 11.3 Å². The first-order chi connectivity index (χ1) is 10.9. The van der Waals surface area contributed by atoms with Crippen molar-refractivity contribution in [3.63, 3.8) is 0 Å². The fraction of sp³-hybridized carbons (Fsp3) is 0.0556. The van der Waals surface area contributed by atoms with E-state index >= 15 is 0 Å². The van der Waals surface area contributed by atoms with Crippen LogP contribution < -0.4 is 4.74 Å². The summed E-state index contributed by atoms with van der Waals surface area (Å²) in [6, 6.07) is 18.5. The molecule has 4 aromatic rings. The number of thiazole rings is 1. The molecular formula is C18H14N2OS. The number of hydrogen-bond acceptors (Lipinski definition) is 3. The summed E-state index contributed by atoms with van der Waals surface area (Å²) in [5, 5.41) is 2.02. The maximum atomic E-state index is 5.81. The zero-order valence-corrected chi connectivity index (χ0v) is 12.7. The molecule has 0 aliphatic rings. The first kappa shape index (κ1) is 13.1. The Bertz CT molecular complexity index is 850. The zero-order chi connectivity index (χ0) is 14.8. The molecule has 0 unspecified atom stereocenters. The van der Waals surface area contributed by atoms with Gasteiger partial charge in [-0.15, -0.1) is 11.3 Å². The van der Waals surface area contributed by atoms with Gasteiger partial charge in [-0.3, -0.25) is 4.40 Å². The average molecular weight is 306 g/mol. The maximum absolute atomic E-state index is 5.81. The summed E-state index contributed by atoms with van der Waals surface area (Å²) in [6.45, 7) is 0.485. The molecule has 2 heterocycles. The highest BCUT2D eigenvalue weighted by Gasteiger charge is 2.04. The van der Waals surface area contributed by atoms with Gasteiger partial charge in [-0.2, -0.15) is 0 Å². The molecule has 108 valence electrons. The van der Waals surface area contributed by atoms with Crippen molar-refractivity contribution in [1.29, 1.82) is 0 Å². The number of imidazole rings is 1. The quantitative estimate of drug-likeness (QED) is 0.549. The summed E-state index contributed by atoms with van der Waals surface area (Å²) in [6.07, 6.45) is 4.01. The molecule has 0 spiro atoms. The Balaban J connectivity index is 1.46. The van der Waals surface area contributed by atoms with Gasteiger partial charge in [0.05, 0.1) is 5.69 Å². The standard InChI is InChI=1S/C18H14N2OS/c1-2-4-14(5-3-1)15-6-8-17(9-7-15)21-13-16-12-20-10-11-22-18(20)19-16/h1-12H,13H2. The lowest BCUT2D eigenvalue weighted by molar-refractivity contribution is 0.302. The normalized spacial score (nSPS) is 10.9. The van der Waals surface area contributed by atoms with Gasteiger partial charge in [0.2, 0.25) is 0 Å².